The van der Waals surface area contributed by atoms with Crippen LogP contribution in [-0.2, 0) is 16.0 Å². The number of likely N-dealkylation sites (N-methyl/N-ethyl adjacent to an activating group) is 1. The van der Waals surface area contributed by atoms with Gasteiger partial charge in [-0.1, -0.05) is 37.4 Å². The monoisotopic (exact) mass is 666 g/mol. The zero-order chi connectivity index (χ0) is 31.9. The first-order valence-corrected chi connectivity index (χ1v) is 18.9. The maximum Gasteiger partial charge on any atom is 0.246 e. The van der Waals surface area contributed by atoms with Crippen LogP contribution < -0.4 is 10.6 Å². The lowest BCUT2D eigenvalue weighted by Crippen LogP contribution is -2.79. The molecule has 7 atom stereocenters. The van der Waals surface area contributed by atoms with Gasteiger partial charge in [0.25, 0.3) is 0 Å². The number of ether oxygens (including phenoxy) is 1. The van der Waals surface area contributed by atoms with E-state index in [4.69, 9.17) is 16.3 Å². The number of likely N-dealkylation sites (tertiary alicyclic amines) is 1. The van der Waals surface area contributed by atoms with Crippen molar-refractivity contribution in [2.45, 2.75) is 117 Å². The van der Waals surface area contributed by atoms with Gasteiger partial charge in [-0.25, -0.2) is 0 Å². The van der Waals surface area contributed by atoms with Crippen molar-refractivity contribution in [2.24, 2.45) is 11.8 Å². The molecule has 8 nitrogen and oxygen atoms in total. The molecule has 250 valence electrons. The summed E-state index contributed by atoms with van der Waals surface area (Å²) < 4.78 is 7.00. The Morgan fingerprint density at radius 1 is 1.17 bits per heavy atom. The summed E-state index contributed by atoms with van der Waals surface area (Å²) in [4.78, 5) is 21.0. The van der Waals surface area contributed by atoms with E-state index in [1.54, 1.807) is 0 Å². The van der Waals surface area contributed by atoms with Gasteiger partial charge in [-0.05, 0) is 101 Å². The molecule has 0 aromatic heterocycles. The number of fused-ring (bicyclic) bond motifs is 2. The fraction of sp³-hybridized carbons (Fsp3) is 0.722. The van der Waals surface area contributed by atoms with Crippen LogP contribution >= 0.6 is 23.4 Å². The number of amides is 1. The van der Waals surface area contributed by atoms with Crippen molar-refractivity contribution in [1.82, 2.24) is 25.3 Å². The zero-order valence-corrected chi connectivity index (χ0v) is 29.0. The number of benzene rings is 1. The summed E-state index contributed by atoms with van der Waals surface area (Å²) in [5.41, 5.74) is 1.33. The first-order valence-electron chi connectivity index (χ1n) is 17.7. The van der Waals surface area contributed by atoms with E-state index in [0.717, 1.165) is 43.8 Å². The first-order chi connectivity index (χ1) is 22.3. The van der Waals surface area contributed by atoms with E-state index >= 15 is 0 Å². The molecule has 2 saturated carbocycles. The molecule has 4 heterocycles. The fourth-order valence-corrected chi connectivity index (χ4v) is 11.9. The molecule has 2 N–H and O–H groups in total. The molecular formula is C36H51ClN6O2S. The number of nitrogens with zero attached hydrogens (tertiary/aromatic N) is 4. The maximum atomic E-state index is 12.8. The molecule has 4 aliphatic heterocycles. The molecular weight excluding hydrogens is 616 g/mol. The Morgan fingerprint density at radius 3 is 2.78 bits per heavy atom. The van der Waals surface area contributed by atoms with Crippen LogP contribution in [0.15, 0.2) is 35.7 Å². The topological polar surface area (TPSA) is 83.9 Å². The van der Waals surface area contributed by atoms with E-state index in [2.05, 4.69) is 64.0 Å². The summed E-state index contributed by atoms with van der Waals surface area (Å²) in [6.07, 6.45) is 14.9. The molecule has 5 fully saturated rings. The normalized spacial score (nSPS) is 37.2. The van der Waals surface area contributed by atoms with E-state index in [9.17, 15) is 10.1 Å². The molecule has 10 heteroatoms. The van der Waals surface area contributed by atoms with Crippen molar-refractivity contribution in [3.05, 3.63) is 41.4 Å². The molecule has 1 spiro atoms. The molecule has 3 saturated heterocycles. The van der Waals surface area contributed by atoms with Gasteiger partial charge >= 0.3 is 0 Å². The van der Waals surface area contributed by atoms with Gasteiger partial charge in [0.2, 0.25) is 5.91 Å². The van der Waals surface area contributed by atoms with Crippen LogP contribution in [0.3, 0.4) is 0 Å². The third-order valence-electron chi connectivity index (χ3n) is 12.3. The second-order valence-corrected chi connectivity index (χ2v) is 16.9. The molecule has 2 aliphatic carbocycles. The smallest absolute Gasteiger partial charge is 0.246 e. The summed E-state index contributed by atoms with van der Waals surface area (Å²) in [6.45, 7) is 7.65. The second-order valence-electron chi connectivity index (χ2n) is 14.9. The van der Waals surface area contributed by atoms with E-state index in [0.29, 0.717) is 44.0 Å². The molecule has 0 radical (unpaired) electrons. The average Bonchev–Trinajstić information content (AvgIpc) is 3.64. The van der Waals surface area contributed by atoms with Crippen LogP contribution in [0.2, 0.25) is 5.02 Å². The van der Waals surface area contributed by atoms with Crippen LogP contribution in [0.4, 0.5) is 0 Å². The minimum absolute atomic E-state index is 0.0710. The third-order valence-corrected chi connectivity index (χ3v) is 14.1. The highest BCUT2D eigenvalue weighted by atomic mass is 35.5. The zero-order valence-electron chi connectivity index (χ0n) is 27.4. The Kier molecular flexibility index (Phi) is 9.79. The number of carbonyl (C=O) groups is 1. The summed E-state index contributed by atoms with van der Waals surface area (Å²) >= 11 is 8.60. The summed E-state index contributed by atoms with van der Waals surface area (Å²) in [6, 6.07) is 9.15. The number of carbonyl (C=O) groups excluding carboxylic acids is 1. The number of piperazine rings is 1. The lowest BCUT2D eigenvalue weighted by Gasteiger charge is -2.63. The lowest BCUT2D eigenvalue weighted by molar-refractivity contribution is -0.155. The number of nitriles is 1. The Morgan fingerprint density at radius 2 is 2.02 bits per heavy atom. The average molecular weight is 667 g/mol. The molecule has 46 heavy (non-hydrogen) atoms. The predicted octanol–water partition coefficient (Wildman–Crippen LogP) is 5.37. The standard InChI is InChI=1S/C36H51ClN6O2S/c1-3-32(44)43-19-18-42(22-28(43)14-16-38)33-30-13-15-35(21-25-20-27(37)11-12-31(25)46-35)24-36(30,26-8-5-4-6-9-26)40-34(39-33)45-23-29-10-7-17-41(29)2/h3,11-12,20,26,28-30,33-34,39-40H,1,4-10,13-15,17-19,21-24H2,2H3/t28?,29?,30?,33?,34?,35-,36?/m0/s1. The highest BCUT2D eigenvalue weighted by molar-refractivity contribution is 8.01. The van der Waals surface area contributed by atoms with Crippen LogP contribution in [0.25, 0.3) is 0 Å². The van der Waals surface area contributed by atoms with Crippen molar-refractivity contribution in [1.29, 1.82) is 5.26 Å². The Hall–Kier alpha value is -1.64. The maximum absolute atomic E-state index is 12.8. The highest BCUT2D eigenvalue weighted by Crippen LogP contribution is 2.60. The van der Waals surface area contributed by atoms with Crippen LogP contribution in [0.5, 0.6) is 0 Å². The van der Waals surface area contributed by atoms with Gasteiger partial charge in [0, 0.05) is 51.8 Å². The van der Waals surface area contributed by atoms with Gasteiger partial charge < -0.3 is 14.5 Å². The van der Waals surface area contributed by atoms with Crippen molar-refractivity contribution in [3.63, 3.8) is 0 Å². The number of thioether (sulfide) groups is 1. The second kappa shape index (κ2) is 13.7. The van der Waals surface area contributed by atoms with E-state index < -0.39 is 0 Å². The largest absolute Gasteiger partial charge is 0.348 e. The van der Waals surface area contributed by atoms with E-state index in [1.807, 2.05) is 11.0 Å². The predicted molar refractivity (Wildman–Crippen MR) is 183 cm³/mol. The molecule has 7 rings (SSSR count). The van der Waals surface area contributed by atoms with Crippen molar-refractivity contribution in [3.8, 4) is 6.07 Å². The number of rotatable bonds is 7. The van der Waals surface area contributed by atoms with Crippen molar-refractivity contribution >= 4 is 29.3 Å². The van der Waals surface area contributed by atoms with E-state index in [-0.39, 0.29) is 34.8 Å². The van der Waals surface area contributed by atoms with Gasteiger partial charge in [0.15, 0.2) is 6.35 Å². The van der Waals surface area contributed by atoms with Crippen LogP contribution in [-0.4, -0.2) is 95.3 Å². The highest BCUT2D eigenvalue weighted by Gasteiger charge is 2.61. The summed E-state index contributed by atoms with van der Waals surface area (Å²) in [5, 5.41) is 18.8. The lowest BCUT2D eigenvalue weighted by atomic mass is 9.57. The Balaban J connectivity index is 1.22. The molecule has 0 bridgehead atoms. The van der Waals surface area contributed by atoms with Gasteiger partial charge in [-0.15, -0.1) is 11.8 Å². The quantitative estimate of drug-likeness (QED) is 0.376. The van der Waals surface area contributed by atoms with Gasteiger partial charge in [0.1, 0.15) is 0 Å². The first kappa shape index (κ1) is 32.9. The molecule has 1 aromatic rings. The minimum atomic E-state index is -0.252. The fourth-order valence-electron chi connectivity index (χ4n) is 10.1. The molecule has 1 amide bonds. The van der Waals surface area contributed by atoms with Gasteiger partial charge in [0.05, 0.1) is 31.3 Å². The summed E-state index contributed by atoms with van der Waals surface area (Å²) in [5.74, 6) is 0.904. The number of hydrogen-bond donors (Lipinski definition) is 2. The summed E-state index contributed by atoms with van der Waals surface area (Å²) in [7, 11) is 2.22. The third kappa shape index (κ3) is 6.29. The minimum Gasteiger partial charge on any atom is -0.348 e. The van der Waals surface area contributed by atoms with Crippen molar-refractivity contribution < 1.29 is 9.53 Å². The Labute approximate surface area is 284 Å². The van der Waals surface area contributed by atoms with E-state index in [1.165, 1.54) is 61.5 Å². The van der Waals surface area contributed by atoms with Gasteiger partial charge in [-0.3, -0.25) is 20.3 Å². The number of nitrogens with one attached hydrogen (secondary N) is 2. The van der Waals surface area contributed by atoms with Gasteiger partial charge in [-0.2, -0.15) is 5.26 Å². The van der Waals surface area contributed by atoms with Crippen LogP contribution in [0, 0.1) is 23.2 Å². The molecule has 6 aliphatic rings. The number of hydrogen-bond acceptors (Lipinski definition) is 8. The molecule has 1 aromatic carbocycles. The SMILES string of the molecule is C=CC(=O)N1CCN(C2NC(OCC3CCCN3C)NC3(C4CCCCC4)C[C@]4(CCC23)Cc2cc(Cl)ccc2S4)CC1CC#N. The number of halogens is 1. The Bertz CT molecular complexity index is 1340. The van der Waals surface area contributed by atoms with Crippen molar-refractivity contribution in [2.75, 3.05) is 39.8 Å². The van der Waals surface area contributed by atoms with Crippen LogP contribution in [0.1, 0.15) is 76.2 Å². The molecule has 6 unspecified atom stereocenters.